The lowest BCUT2D eigenvalue weighted by Gasteiger charge is -2.31. The molecule has 2 aliphatic rings. The maximum absolute atomic E-state index is 13.9. The Kier molecular flexibility index (Phi) is 8.13. The van der Waals surface area contributed by atoms with Gasteiger partial charge in [-0.1, -0.05) is 18.2 Å². The first-order valence-corrected chi connectivity index (χ1v) is 13.0. The highest BCUT2D eigenvalue weighted by Crippen LogP contribution is 2.33. The predicted octanol–water partition coefficient (Wildman–Crippen LogP) is 3.46. The monoisotopic (exact) mass is 535 g/mol. The van der Waals surface area contributed by atoms with Crippen molar-refractivity contribution in [1.29, 1.82) is 0 Å². The quantitative estimate of drug-likeness (QED) is 0.443. The Labute approximate surface area is 226 Å². The Morgan fingerprint density at radius 1 is 1.03 bits per heavy atom. The van der Waals surface area contributed by atoms with Crippen LogP contribution >= 0.6 is 0 Å². The molecular formula is C29H31F2N5O3. The van der Waals surface area contributed by atoms with Crippen LogP contribution in [-0.4, -0.2) is 82.8 Å². The Morgan fingerprint density at radius 2 is 1.79 bits per heavy atom. The highest BCUT2D eigenvalue weighted by atomic mass is 19.1. The predicted molar refractivity (Wildman–Crippen MR) is 142 cm³/mol. The summed E-state index contributed by atoms with van der Waals surface area (Å²) in [5, 5.41) is 6.08. The second kappa shape index (κ2) is 11.9. The number of morpholine rings is 1. The molecule has 3 aromatic rings. The number of carbonyl (C=O) groups excluding carboxylic acids is 2. The summed E-state index contributed by atoms with van der Waals surface area (Å²) in [7, 11) is 1.90. The molecule has 1 aromatic heterocycles. The van der Waals surface area contributed by atoms with E-state index in [1.807, 2.05) is 29.9 Å². The molecule has 2 aromatic carbocycles. The van der Waals surface area contributed by atoms with E-state index in [9.17, 15) is 18.4 Å². The van der Waals surface area contributed by atoms with Crippen molar-refractivity contribution in [3.8, 4) is 0 Å². The van der Waals surface area contributed by atoms with Crippen molar-refractivity contribution < 1.29 is 23.1 Å². The molecule has 2 aliphatic heterocycles. The van der Waals surface area contributed by atoms with E-state index >= 15 is 0 Å². The second-order valence-corrected chi connectivity index (χ2v) is 9.75. The molecule has 5 rings (SSSR count). The number of amides is 2. The van der Waals surface area contributed by atoms with E-state index in [2.05, 4.69) is 10.0 Å². The summed E-state index contributed by atoms with van der Waals surface area (Å²) in [5.74, 6) is -1.69. The number of benzene rings is 2. The molecule has 204 valence electrons. The van der Waals surface area contributed by atoms with Crippen molar-refractivity contribution in [3.63, 3.8) is 0 Å². The molecule has 1 atom stereocenters. The van der Waals surface area contributed by atoms with Gasteiger partial charge in [0.05, 0.1) is 30.7 Å². The van der Waals surface area contributed by atoms with Crippen LogP contribution < -0.4 is 0 Å². The number of nitrogens with zero attached hydrogens (tertiary/aromatic N) is 5. The summed E-state index contributed by atoms with van der Waals surface area (Å²) in [6.45, 7) is 3.29. The van der Waals surface area contributed by atoms with Crippen molar-refractivity contribution in [2.45, 2.75) is 12.5 Å². The number of ether oxygens (including phenoxy) is 1. The zero-order chi connectivity index (χ0) is 27.4. The van der Waals surface area contributed by atoms with Crippen molar-refractivity contribution in [1.82, 2.24) is 19.4 Å². The van der Waals surface area contributed by atoms with Crippen molar-refractivity contribution in [3.05, 3.63) is 95.3 Å². The Morgan fingerprint density at radius 3 is 2.49 bits per heavy atom. The van der Waals surface area contributed by atoms with Gasteiger partial charge >= 0.3 is 0 Å². The fourth-order valence-corrected chi connectivity index (χ4v) is 4.98. The Bertz CT molecular complexity index is 1350. The minimum absolute atomic E-state index is 0.175. The van der Waals surface area contributed by atoms with Gasteiger partial charge in [0, 0.05) is 51.4 Å². The number of hydrogen-bond donors (Lipinski definition) is 0. The maximum atomic E-state index is 13.9. The lowest BCUT2D eigenvalue weighted by atomic mass is 10.0. The second-order valence-electron chi connectivity index (χ2n) is 9.75. The van der Waals surface area contributed by atoms with Crippen LogP contribution in [0.25, 0.3) is 0 Å². The number of halogens is 2. The summed E-state index contributed by atoms with van der Waals surface area (Å²) >= 11 is 0. The molecule has 0 spiro atoms. The average molecular weight is 536 g/mol. The zero-order valence-electron chi connectivity index (χ0n) is 21.8. The topological polar surface area (TPSA) is 70.4 Å². The Balaban J connectivity index is 1.41. The lowest BCUT2D eigenvalue weighted by molar-refractivity contribution is -0.133. The fraction of sp³-hybridized carbons (Fsp3) is 0.345. The van der Waals surface area contributed by atoms with Gasteiger partial charge in [-0.2, -0.15) is 5.10 Å². The van der Waals surface area contributed by atoms with Crippen LogP contribution in [0.4, 0.5) is 8.78 Å². The van der Waals surface area contributed by atoms with Gasteiger partial charge in [-0.3, -0.25) is 14.5 Å². The van der Waals surface area contributed by atoms with E-state index < -0.39 is 17.8 Å². The molecule has 3 heterocycles. The van der Waals surface area contributed by atoms with Crippen LogP contribution in [0, 0.1) is 11.6 Å². The summed E-state index contributed by atoms with van der Waals surface area (Å²) in [5.41, 5.74) is 2.52. The van der Waals surface area contributed by atoms with Crippen LogP contribution in [0.1, 0.15) is 34.1 Å². The standard InChI is InChI=1S/C29H31F2N5O3/c1-33-11-3-6-26(33)25-19-27(21-7-9-23(30)10-8-21)36(32-25)28(37)20-35(13-12-34-14-16-39-17-15-34)29(38)22-4-2-5-24(31)18-22/h2-11,18,27H,12-17,19-20H2,1H3/t27-/m1/s1. The average Bonchev–Trinajstić information content (AvgIpc) is 3.58. The molecule has 1 fully saturated rings. The third-order valence-corrected chi connectivity index (χ3v) is 7.13. The molecule has 10 heteroatoms. The summed E-state index contributed by atoms with van der Waals surface area (Å²) in [6, 6.07) is 14.9. The third-order valence-electron chi connectivity index (χ3n) is 7.13. The van der Waals surface area contributed by atoms with Gasteiger partial charge in [0.25, 0.3) is 11.8 Å². The van der Waals surface area contributed by atoms with E-state index in [1.165, 1.54) is 40.2 Å². The van der Waals surface area contributed by atoms with E-state index in [0.717, 1.165) is 30.1 Å². The van der Waals surface area contributed by atoms with Gasteiger partial charge < -0.3 is 14.2 Å². The van der Waals surface area contributed by atoms with E-state index in [4.69, 9.17) is 4.74 Å². The first kappa shape index (κ1) is 26.7. The minimum atomic E-state index is -0.520. The first-order chi connectivity index (χ1) is 18.9. The van der Waals surface area contributed by atoms with Gasteiger partial charge in [-0.25, -0.2) is 13.8 Å². The molecule has 8 nitrogen and oxygen atoms in total. The first-order valence-electron chi connectivity index (χ1n) is 13.0. The van der Waals surface area contributed by atoms with Crippen molar-refractivity contribution >= 4 is 17.5 Å². The summed E-state index contributed by atoms with van der Waals surface area (Å²) in [4.78, 5) is 30.9. The molecule has 0 unspecified atom stereocenters. The largest absolute Gasteiger partial charge is 0.379 e. The maximum Gasteiger partial charge on any atom is 0.262 e. The highest BCUT2D eigenvalue weighted by molar-refractivity contribution is 6.02. The van der Waals surface area contributed by atoms with Crippen LogP contribution in [-0.2, 0) is 16.6 Å². The van der Waals surface area contributed by atoms with E-state index in [0.29, 0.717) is 26.2 Å². The fourth-order valence-electron chi connectivity index (χ4n) is 4.98. The van der Waals surface area contributed by atoms with Crippen LogP contribution in [0.15, 0.2) is 72.0 Å². The molecule has 0 saturated carbocycles. The smallest absolute Gasteiger partial charge is 0.262 e. The lowest BCUT2D eigenvalue weighted by Crippen LogP contribution is -2.46. The van der Waals surface area contributed by atoms with Crippen molar-refractivity contribution in [2.24, 2.45) is 12.1 Å². The molecule has 0 aliphatic carbocycles. The highest BCUT2D eigenvalue weighted by Gasteiger charge is 2.35. The van der Waals surface area contributed by atoms with Gasteiger partial charge in [0.1, 0.15) is 18.2 Å². The van der Waals surface area contributed by atoms with Crippen LogP contribution in [0.5, 0.6) is 0 Å². The number of hydrogen-bond acceptors (Lipinski definition) is 5. The zero-order valence-corrected chi connectivity index (χ0v) is 21.8. The third kappa shape index (κ3) is 6.23. The molecule has 0 N–H and O–H groups in total. The number of carbonyl (C=O) groups is 2. The molecular weight excluding hydrogens is 504 g/mol. The number of rotatable bonds is 8. The summed E-state index contributed by atoms with van der Waals surface area (Å²) in [6.07, 6.45) is 2.35. The molecule has 0 radical (unpaired) electrons. The van der Waals surface area contributed by atoms with Gasteiger partial charge in [0.15, 0.2) is 0 Å². The van der Waals surface area contributed by atoms with Gasteiger partial charge in [-0.05, 0) is 48.0 Å². The number of hydrazone groups is 1. The normalized spacial score (nSPS) is 17.8. The number of aromatic nitrogens is 1. The van der Waals surface area contributed by atoms with E-state index in [-0.39, 0.29) is 30.4 Å². The SMILES string of the molecule is Cn1cccc1C1=NN(C(=O)CN(CCN2CCOCC2)C(=O)c2cccc(F)c2)[C@@H](c2ccc(F)cc2)C1. The number of aryl methyl sites for hydroxylation is 1. The van der Waals surface area contributed by atoms with E-state index in [1.54, 1.807) is 18.2 Å². The Hall–Kier alpha value is -3.89. The molecule has 39 heavy (non-hydrogen) atoms. The molecule has 1 saturated heterocycles. The van der Waals surface area contributed by atoms with Gasteiger partial charge in [0.2, 0.25) is 0 Å². The van der Waals surface area contributed by atoms with Gasteiger partial charge in [-0.15, -0.1) is 0 Å². The molecule has 0 bridgehead atoms. The summed E-state index contributed by atoms with van der Waals surface area (Å²) < 4.78 is 35.0. The molecule has 2 amide bonds. The van der Waals surface area contributed by atoms with Crippen LogP contribution in [0.2, 0.25) is 0 Å². The minimum Gasteiger partial charge on any atom is -0.379 e. The van der Waals surface area contributed by atoms with Crippen molar-refractivity contribution in [2.75, 3.05) is 45.9 Å². The van der Waals surface area contributed by atoms with Crippen LogP contribution in [0.3, 0.4) is 0 Å².